The Morgan fingerprint density at radius 3 is 2.71 bits per heavy atom. The van der Waals surface area contributed by atoms with Gasteiger partial charge in [0.15, 0.2) is 0 Å². The molecule has 74 valence electrons. The van der Waals surface area contributed by atoms with Crippen molar-refractivity contribution in [2.75, 3.05) is 5.32 Å². The summed E-state index contributed by atoms with van der Waals surface area (Å²) in [5, 5.41) is 2.60. The first-order valence-corrected chi connectivity index (χ1v) is 4.39. The van der Waals surface area contributed by atoms with Crippen LogP contribution in [0, 0.1) is 0 Å². The lowest BCUT2D eigenvalue weighted by Gasteiger charge is -2.01. The van der Waals surface area contributed by atoms with Gasteiger partial charge in [-0.3, -0.25) is 4.79 Å². The number of rotatable bonds is 4. The highest BCUT2D eigenvalue weighted by molar-refractivity contribution is 5.92. The van der Waals surface area contributed by atoms with Crippen molar-refractivity contribution in [3.8, 4) is 0 Å². The fourth-order valence-electron chi connectivity index (χ4n) is 0.932. The zero-order valence-electron chi connectivity index (χ0n) is 7.99. The molecule has 0 atom stereocenters. The van der Waals surface area contributed by atoms with Crippen molar-refractivity contribution in [1.29, 1.82) is 0 Å². The minimum absolute atomic E-state index is 0.0150. The third-order valence-corrected chi connectivity index (χ3v) is 1.64. The topological polar surface area (TPSA) is 59.1 Å². The summed E-state index contributed by atoms with van der Waals surface area (Å²) in [6, 6.07) is 5.25. The van der Waals surface area contributed by atoms with Crippen LogP contribution in [0.2, 0.25) is 0 Å². The van der Waals surface area contributed by atoms with E-state index in [0.717, 1.165) is 0 Å². The van der Waals surface area contributed by atoms with Crippen LogP contribution in [-0.2, 0) is 9.59 Å². The molecule has 0 aliphatic heterocycles. The van der Waals surface area contributed by atoms with Gasteiger partial charge in [0.25, 0.3) is 0 Å². The quantitative estimate of drug-likeness (QED) is 0.784. The molecule has 1 rings (SSSR count). The molecule has 4 nitrogen and oxygen atoms in total. The van der Waals surface area contributed by atoms with Crippen molar-refractivity contribution in [3.05, 3.63) is 24.4 Å². The maximum Gasteiger partial charge on any atom is 0.225 e. The number of carbonyl (C=O) groups excluding carboxylic acids is 2. The molecule has 1 amide bonds. The molecule has 0 aromatic carbocycles. The molecule has 0 spiro atoms. The molecular weight excluding hydrogens is 180 g/mol. The summed E-state index contributed by atoms with van der Waals surface area (Å²) >= 11 is 0. The Hall–Kier alpha value is -1.71. The molecule has 1 aromatic heterocycles. The molecule has 0 saturated heterocycles. The largest absolute Gasteiger partial charge is 0.311 e. The number of hydrogen-bond acceptors (Lipinski definition) is 3. The van der Waals surface area contributed by atoms with Gasteiger partial charge in [0.05, 0.1) is 0 Å². The van der Waals surface area contributed by atoms with Crippen LogP contribution in [0.5, 0.6) is 0 Å². The summed E-state index contributed by atoms with van der Waals surface area (Å²) in [7, 11) is 0. The second kappa shape index (κ2) is 5.11. The zero-order valence-corrected chi connectivity index (χ0v) is 7.99. The van der Waals surface area contributed by atoms with Gasteiger partial charge in [0.2, 0.25) is 5.91 Å². The zero-order chi connectivity index (χ0) is 10.4. The summed E-state index contributed by atoms with van der Waals surface area (Å²) in [4.78, 5) is 25.7. The van der Waals surface area contributed by atoms with Crippen molar-refractivity contribution in [2.45, 2.75) is 19.8 Å². The van der Waals surface area contributed by atoms with Gasteiger partial charge in [-0.25, -0.2) is 4.98 Å². The van der Waals surface area contributed by atoms with Crippen molar-refractivity contribution >= 4 is 17.5 Å². The minimum atomic E-state index is -0.182. The highest BCUT2D eigenvalue weighted by Crippen LogP contribution is 2.01. The lowest BCUT2D eigenvalue weighted by molar-refractivity contribution is -0.121. The lowest BCUT2D eigenvalue weighted by atomic mass is 10.2. The maximum absolute atomic E-state index is 11.2. The molecule has 0 aliphatic carbocycles. The van der Waals surface area contributed by atoms with Crippen LogP contribution in [0.4, 0.5) is 5.82 Å². The van der Waals surface area contributed by atoms with E-state index in [1.165, 1.54) is 6.92 Å². The van der Waals surface area contributed by atoms with Gasteiger partial charge in [-0.2, -0.15) is 0 Å². The van der Waals surface area contributed by atoms with Crippen molar-refractivity contribution in [1.82, 2.24) is 4.98 Å². The van der Waals surface area contributed by atoms with Crippen molar-refractivity contribution in [3.63, 3.8) is 0 Å². The highest BCUT2D eigenvalue weighted by atomic mass is 16.2. The molecule has 0 unspecified atom stereocenters. The van der Waals surface area contributed by atoms with E-state index >= 15 is 0 Å². The number of pyridine rings is 1. The van der Waals surface area contributed by atoms with E-state index in [-0.39, 0.29) is 24.5 Å². The lowest BCUT2D eigenvalue weighted by Crippen LogP contribution is -2.13. The molecule has 0 bridgehead atoms. The Morgan fingerprint density at radius 2 is 2.14 bits per heavy atom. The predicted molar refractivity (Wildman–Crippen MR) is 52.8 cm³/mol. The SMILES string of the molecule is CC(=O)CCC(=O)Nc1ccccn1. The van der Waals surface area contributed by atoms with Gasteiger partial charge >= 0.3 is 0 Å². The molecule has 14 heavy (non-hydrogen) atoms. The summed E-state index contributed by atoms with van der Waals surface area (Å²) in [5.41, 5.74) is 0. The number of hydrogen-bond donors (Lipinski definition) is 1. The monoisotopic (exact) mass is 192 g/mol. The van der Waals surface area contributed by atoms with Crippen LogP contribution >= 0.6 is 0 Å². The molecule has 0 saturated carbocycles. The smallest absolute Gasteiger partial charge is 0.225 e. The number of nitrogens with zero attached hydrogens (tertiary/aromatic N) is 1. The van der Waals surface area contributed by atoms with Gasteiger partial charge in [-0.05, 0) is 19.1 Å². The first-order chi connectivity index (χ1) is 6.68. The molecule has 0 radical (unpaired) electrons. The summed E-state index contributed by atoms with van der Waals surface area (Å²) in [6.45, 7) is 1.47. The minimum Gasteiger partial charge on any atom is -0.311 e. The molecule has 0 fully saturated rings. The Kier molecular flexibility index (Phi) is 3.79. The van der Waals surface area contributed by atoms with E-state index in [0.29, 0.717) is 5.82 Å². The molecule has 0 aliphatic rings. The van der Waals surface area contributed by atoms with E-state index in [1.54, 1.807) is 24.4 Å². The Balaban J connectivity index is 2.38. The fourth-order valence-corrected chi connectivity index (χ4v) is 0.932. The van der Waals surface area contributed by atoms with Gasteiger partial charge in [0.1, 0.15) is 11.6 Å². The maximum atomic E-state index is 11.2. The molecule has 1 heterocycles. The third kappa shape index (κ3) is 3.80. The van der Waals surface area contributed by atoms with Gasteiger partial charge in [-0.1, -0.05) is 6.07 Å². The predicted octanol–water partition coefficient (Wildman–Crippen LogP) is 1.39. The fraction of sp³-hybridized carbons (Fsp3) is 0.300. The third-order valence-electron chi connectivity index (χ3n) is 1.64. The summed E-state index contributed by atoms with van der Waals surface area (Å²) < 4.78 is 0. The van der Waals surface area contributed by atoms with E-state index in [2.05, 4.69) is 10.3 Å². The molecule has 1 N–H and O–H groups in total. The van der Waals surface area contributed by atoms with Gasteiger partial charge in [0, 0.05) is 19.0 Å². The van der Waals surface area contributed by atoms with Crippen LogP contribution in [0.1, 0.15) is 19.8 Å². The van der Waals surface area contributed by atoms with E-state index < -0.39 is 0 Å². The first-order valence-electron chi connectivity index (χ1n) is 4.39. The summed E-state index contributed by atoms with van der Waals surface area (Å²) in [6.07, 6.45) is 2.09. The standard InChI is InChI=1S/C10H12N2O2/c1-8(13)5-6-10(14)12-9-4-2-3-7-11-9/h2-4,7H,5-6H2,1H3,(H,11,12,14). The number of carbonyl (C=O) groups is 2. The van der Waals surface area contributed by atoms with Gasteiger partial charge < -0.3 is 10.1 Å². The number of amides is 1. The number of ketones is 1. The van der Waals surface area contributed by atoms with Crippen LogP contribution in [0.25, 0.3) is 0 Å². The highest BCUT2D eigenvalue weighted by Gasteiger charge is 2.03. The average molecular weight is 192 g/mol. The van der Waals surface area contributed by atoms with Crippen LogP contribution in [-0.4, -0.2) is 16.7 Å². The normalized spacial score (nSPS) is 9.50. The Morgan fingerprint density at radius 1 is 1.36 bits per heavy atom. The Labute approximate surface area is 82.3 Å². The van der Waals surface area contributed by atoms with Gasteiger partial charge in [-0.15, -0.1) is 0 Å². The van der Waals surface area contributed by atoms with Crippen LogP contribution in [0.3, 0.4) is 0 Å². The average Bonchev–Trinajstić information content (AvgIpc) is 2.16. The summed E-state index contributed by atoms with van der Waals surface area (Å²) in [5.74, 6) is 0.348. The first kappa shape index (κ1) is 10.4. The number of anilines is 1. The van der Waals surface area contributed by atoms with E-state index in [4.69, 9.17) is 0 Å². The van der Waals surface area contributed by atoms with Crippen LogP contribution in [0.15, 0.2) is 24.4 Å². The second-order valence-electron chi connectivity index (χ2n) is 2.97. The van der Waals surface area contributed by atoms with E-state index in [9.17, 15) is 9.59 Å². The Bertz CT molecular complexity index is 322. The number of aromatic nitrogens is 1. The van der Waals surface area contributed by atoms with E-state index in [1.807, 2.05) is 0 Å². The van der Waals surface area contributed by atoms with Crippen molar-refractivity contribution in [2.24, 2.45) is 0 Å². The number of Topliss-reactive ketones (excluding diaryl/α,β-unsaturated/α-hetero) is 1. The van der Waals surface area contributed by atoms with Crippen LogP contribution < -0.4 is 5.32 Å². The van der Waals surface area contributed by atoms with Crippen molar-refractivity contribution < 1.29 is 9.59 Å². The molecular formula is C10H12N2O2. The molecule has 4 heteroatoms. The molecule has 1 aromatic rings. The number of nitrogens with one attached hydrogen (secondary N) is 1. The second-order valence-corrected chi connectivity index (χ2v) is 2.97.